The molecule has 4 nitrogen and oxygen atoms in total. The molecule has 0 aliphatic heterocycles. The van der Waals surface area contributed by atoms with E-state index in [4.69, 9.17) is 0 Å². The SMILES string of the molecule is CCn1cc(NC(=O)C(C)(C)F)cn1. The summed E-state index contributed by atoms with van der Waals surface area (Å²) in [4.78, 5) is 11.2. The summed E-state index contributed by atoms with van der Waals surface area (Å²) in [7, 11) is 0. The van der Waals surface area contributed by atoms with Gasteiger partial charge in [0.05, 0.1) is 11.9 Å². The van der Waals surface area contributed by atoms with E-state index >= 15 is 0 Å². The Morgan fingerprint density at radius 2 is 2.36 bits per heavy atom. The first-order valence-corrected chi connectivity index (χ1v) is 4.46. The summed E-state index contributed by atoms with van der Waals surface area (Å²) in [6.07, 6.45) is 3.15. The molecule has 0 fully saturated rings. The molecule has 1 amide bonds. The molecule has 0 bridgehead atoms. The van der Waals surface area contributed by atoms with Gasteiger partial charge in [0.25, 0.3) is 5.91 Å². The van der Waals surface area contributed by atoms with Gasteiger partial charge in [-0.05, 0) is 20.8 Å². The van der Waals surface area contributed by atoms with Crippen LogP contribution in [0.25, 0.3) is 0 Å². The predicted octanol–water partition coefficient (Wildman–Crippen LogP) is 1.59. The third kappa shape index (κ3) is 2.55. The van der Waals surface area contributed by atoms with Crippen LogP contribution in [0.2, 0.25) is 0 Å². The third-order valence-electron chi connectivity index (χ3n) is 1.76. The molecule has 14 heavy (non-hydrogen) atoms. The van der Waals surface area contributed by atoms with Crippen LogP contribution in [-0.2, 0) is 11.3 Å². The van der Waals surface area contributed by atoms with Crippen molar-refractivity contribution in [2.45, 2.75) is 33.0 Å². The van der Waals surface area contributed by atoms with Crippen molar-refractivity contribution in [2.75, 3.05) is 5.32 Å². The van der Waals surface area contributed by atoms with Gasteiger partial charge in [-0.25, -0.2) is 4.39 Å². The lowest BCUT2D eigenvalue weighted by atomic mass is 10.1. The molecule has 0 saturated carbocycles. The zero-order chi connectivity index (χ0) is 10.8. The third-order valence-corrected chi connectivity index (χ3v) is 1.76. The Bertz CT molecular complexity index is 327. The highest BCUT2D eigenvalue weighted by molar-refractivity contribution is 5.96. The molecule has 5 heteroatoms. The van der Waals surface area contributed by atoms with Gasteiger partial charge in [0.2, 0.25) is 0 Å². The first-order chi connectivity index (χ1) is 6.43. The zero-order valence-corrected chi connectivity index (χ0v) is 8.54. The van der Waals surface area contributed by atoms with Crippen molar-refractivity contribution in [3.63, 3.8) is 0 Å². The molecule has 0 radical (unpaired) electrons. The second-order valence-corrected chi connectivity index (χ2v) is 3.51. The Labute approximate surface area is 82.1 Å². The summed E-state index contributed by atoms with van der Waals surface area (Å²) in [5, 5.41) is 6.39. The predicted molar refractivity (Wildman–Crippen MR) is 51.7 cm³/mol. The van der Waals surface area contributed by atoms with Gasteiger partial charge in [-0.2, -0.15) is 5.10 Å². The van der Waals surface area contributed by atoms with Crippen molar-refractivity contribution < 1.29 is 9.18 Å². The first kappa shape index (κ1) is 10.7. The summed E-state index contributed by atoms with van der Waals surface area (Å²) in [5.41, 5.74) is -1.35. The average molecular weight is 199 g/mol. The van der Waals surface area contributed by atoms with Crippen LogP contribution < -0.4 is 5.32 Å². The number of amides is 1. The lowest BCUT2D eigenvalue weighted by molar-refractivity contribution is -0.125. The number of aromatic nitrogens is 2. The number of halogens is 1. The Morgan fingerprint density at radius 3 is 2.79 bits per heavy atom. The van der Waals surface area contributed by atoms with Crippen LogP contribution in [0.15, 0.2) is 12.4 Å². The molecule has 0 atom stereocenters. The number of hydrogen-bond acceptors (Lipinski definition) is 2. The number of nitrogens with one attached hydrogen (secondary N) is 1. The highest BCUT2D eigenvalue weighted by atomic mass is 19.1. The van der Waals surface area contributed by atoms with E-state index in [1.54, 1.807) is 10.9 Å². The van der Waals surface area contributed by atoms with E-state index in [2.05, 4.69) is 10.4 Å². The fourth-order valence-corrected chi connectivity index (χ4v) is 0.881. The van der Waals surface area contributed by atoms with Gasteiger partial charge in [0, 0.05) is 12.7 Å². The maximum atomic E-state index is 13.1. The number of rotatable bonds is 3. The van der Waals surface area contributed by atoms with Crippen LogP contribution in [-0.4, -0.2) is 21.4 Å². The second-order valence-electron chi connectivity index (χ2n) is 3.51. The van der Waals surface area contributed by atoms with E-state index in [9.17, 15) is 9.18 Å². The standard InChI is InChI=1S/C9H14FN3O/c1-4-13-6-7(5-11-13)12-8(14)9(2,3)10/h5-6H,4H2,1-3H3,(H,12,14). The van der Waals surface area contributed by atoms with Crippen molar-refractivity contribution in [2.24, 2.45) is 0 Å². The maximum Gasteiger partial charge on any atom is 0.261 e. The minimum absolute atomic E-state index is 0.516. The van der Waals surface area contributed by atoms with Crippen LogP contribution in [0.4, 0.5) is 10.1 Å². The summed E-state index contributed by atoms with van der Waals surface area (Å²) >= 11 is 0. The fourth-order valence-electron chi connectivity index (χ4n) is 0.881. The summed E-state index contributed by atoms with van der Waals surface area (Å²) in [6, 6.07) is 0. The summed E-state index contributed by atoms with van der Waals surface area (Å²) in [5.74, 6) is -0.659. The molecule has 78 valence electrons. The van der Waals surface area contributed by atoms with Gasteiger partial charge in [-0.15, -0.1) is 0 Å². The molecule has 1 aromatic rings. The van der Waals surface area contributed by atoms with Crippen molar-refractivity contribution in [3.8, 4) is 0 Å². The average Bonchev–Trinajstić information content (AvgIpc) is 2.50. The van der Waals surface area contributed by atoms with E-state index in [-0.39, 0.29) is 0 Å². The molecule has 0 unspecified atom stereocenters. The lowest BCUT2D eigenvalue weighted by Gasteiger charge is -2.12. The highest BCUT2D eigenvalue weighted by Gasteiger charge is 2.26. The zero-order valence-electron chi connectivity index (χ0n) is 8.54. The van der Waals surface area contributed by atoms with Crippen LogP contribution in [0, 0.1) is 0 Å². The Balaban J connectivity index is 2.65. The van der Waals surface area contributed by atoms with Crippen molar-refractivity contribution in [1.29, 1.82) is 0 Å². The number of nitrogens with zero attached hydrogens (tertiary/aromatic N) is 2. The van der Waals surface area contributed by atoms with E-state index in [1.165, 1.54) is 20.0 Å². The molecular weight excluding hydrogens is 185 g/mol. The lowest BCUT2D eigenvalue weighted by Crippen LogP contribution is -2.32. The topological polar surface area (TPSA) is 46.9 Å². The number of aryl methyl sites for hydroxylation is 1. The second kappa shape index (κ2) is 3.77. The fraction of sp³-hybridized carbons (Fsp3) is 0.556. The molecule has 1 N–H and O–H groups in total. The largest absolute Gasteiger partial charge is 0.321 e. The smallest absolute Gasteiger partial charge is 0.261 e. The van der Waals surface area contributed by atoms with Crippen LogP contribution in [0.5, 0.6) is 0 Å². The molecular formula is C9H14FN3O. The molecule has 1 heterocycles. The molecule has 0 saturated heterocycles. The normalized spacial score (nSPS) is 11.4. The van der Waals surface area contributed by atoms with Crippen LogP contribution in [0.1, 0.15) is 20.8 Å². The van der Waals surface area contributed by atoms with Crippen LogP contribution >= 0.6 is 0 Å². The van der Waals surface area contributed by atoms with Gasteiger partial charge in [-0.1, -0.05) is 0 Å². The Kier molecular flexibility index (Phi) is 2.88. The van der Waals surface area contributed by atoms with Crippen molar-refractivity contribution in [1.82, 2.24) is 9.78 Å². The van der Waals surface area contributed by atoms with Gasteiger partial charge in [0.15, 0.2) is 5.67 Å². The van der Waals surface area contributed by atoms with E-state index in [0.717, 1.165) is 6.54 Å². The monoisotopic (exact) mass is 199 g/mol. The minimum Gasteiger partial charge on any atom is -0.321 e. The highest BCUT2D eigenvalue weighted by Crippen LogP contribution is 2.13. The quantitative estimate of drug-likeness (QED) is 0.803. The summed E-state index contributed by atoms with van der Waals surface area (Å²) < 4.78 is 14.8. The van der Waals surface area contributed by atoms with E-state index in [1.807, 2.05) is 6.92 Å². The van der Waals surface area contributed by atoms with Gasteiger partial charge >= 0.3 is 0 Å². The van der Waals surface area contributed by atoms with Crippen LogP contribution in [0.3, 0.4) is 0 Å². The Hall–Kier alpha value is -1.39. The van der Waals surface area contributed by atoms with E-state index < -0.39 is 11.6 Å². The van der Waals surface area contributed by atoms with Gasteiger partial charge in [0.1, 0.15) is 0 Å². The molecule has 0 aromatic carbocycles. The minimum atomic E-state index is -1.87. The molecule has 0 aliphatic rings. The number of anilines is 1. The summed E-state index contributed by atoms with van der Waals surface area (Å²) in [6.45, 7) is 5.08. The van der Waals surface area contributed by atoms with Gasteiger partial charge < -0.3 is 5.32 Å². The van der Waals surface area contributed by atoms with Crippen molar-refractivity contribution in [3.05, 3.63) is 12.4 Å². The number of hydrogen-bond donors (Lipinski definition) is 1. The molecule has 0 spiro atoms. The number of carbonyl (C=O) groups is 1. The molecule has 1 rings (SSSR count). The maximum absolute atomic E-state index is 13.1. The van der Waals surface area contributed by atoms with Crippen molar-refractivity contribution >= 4 is 11.6 Å². The Morgan fingerprint density at radius 1 is 1.71 bits per heavy atom. The molecule has 0 aliphatic carbocycles. The van der Waals surface area contributed by atoms with Gasteiger partial charge in [-0.3, -0.25) is 9.48 Å². The number of carbonyl (C=O) groups excluding carboxylic acids is 1. The number of alkyl halides is 1. The first-order valence-electron chi connectivity index (χ1n) is 4.46. The van der Waals surface area contributed by atoms with E-state index in [0.29, 0.717) is 5.69 Å². The molecule has 1 aromatic heterocycles.